The van der Waals surface area contributed by atoms with Crippen molar-refractivity contribution in [3.05, 3.63) is 71.3 Å². The molecule has 0 aliphatic carbocycles. The summed E-state index contributed by atoms with van der Waals surface area (Å²) in [6, 6.07) is 18.4. The topological polar surface area (TPSA) is 38.8 Å². The minimum Gasteiger partial charge on any atom is -0.452 e. The molecule has 5 rings (SSSR count). The zero-order valence-corrected chi connectivity index (χ0v) is 14.0. The summed E-state index contributed by atoms with van der Waals surface area (Å²) in [5.74, 6) is 0.0711. The van der Waals surface area contributed by atoms with Crippen molar-refractivity contribution in [3.63, 3.8) is 0 Å². The van der Waals surface area contributed by atoms with Gasteiger partial charge in [0.15, 0.2) is 5.72 Å². The number of hydrogen-bond donors (Lipinski definition) is 0. The number of benzene rings is 2. The summed E-state index contributed by atoms with van der Waals surface area (Å²) in [6.07, 6.45) is 3.70. The average Bonchev–Trinajstić information content (AvgIpc) is 3.29. The summed E-state index contributed by atoms with van der Waals surface area (Å²) in [4.78, 5) is 14.3. The molecule has 1 amide bonds. The summed E-state index contributed by atoms with van der Waals surface area (Å²) in [7, 11) is 1.43. The Morgan fingerprint density at radius 1 is 1.20 bits per heavy atom. The molecule has 3 aliphatic heterocycles. The van der Waals surface area contributed by atoms with Gasteiger partial charge in [0.25, 0.3) is 0 Å². The van der Waals surface area contributed by atoms with E-state index >= 15 is 0 Å². The third kappa shape index (κ3) is 1.89. The van der Waals surface area contributed by atoms with Crippen LogP contribution in [0.2, 0.25) is 0 Å². The van der Waals surface area contributed by atoms with Crippen molar-refractivity contribution in [2.75, 3.05) is 12.0 Å². The van der Waals surface area contributed by atoms with Gasteiger partial charge >= 0.3 is 6.09 Å². The molecule has 0 saturated carbocycles. The molecule has 0 N–H and O–H groups in total. The molecule has 0 unspecified atom stereocenters. The highest BCUT2D eigenvalue weighted by Crippen LogP contribution is 2.64. The summed E-state index contributed by atoms with van der Waals surface area (Å²) in [5.41, 5.74) is 3.84. The van der Waals surface area contributed by atoms with Crippen LogP contribution in [0.25, 0.3) is 6.08 Å². The Kier molecular flexibility index (Phi) is 3.06. The van der Waals surface area contributed by atoms with Crippen LogP contribution < -0.4 is 4.90 Å². The van der Waals surface area contributed by atoms with Crippen LogP contribution in [0.3, 0.4) is 0 Å². The molecule has 2 fully saturated rings. The van der Waals surface area contributed by atoms with Crippen LogP contribution in [0.5, 0.6) is 0 Å². The molecule has 0 radical (unpaired) electrons. The number of para-hydroxylation sites is 1. The zero-order valence-electron chi connectivity index (χ0n) is 14.0. The van der Waals surface area contributed by atoms with E-state index in [0.29, 0.717) is 0 Å². The van der Waals surface area contributed by atoms with Crippen LogP contribution in [0.1, 0.15) is 29.9 Å². The van der Waals surface area contributed by atoms with Crippen molar-refractivity contribution in [1.29, 1.82) is 0 Å². The minimum absolute atomic E-state index is 0.0609. The largest absolute Gasteiger partial charge is 0.452 e. The van der Waals surface area contributed by atoms with Gasteiger partial charge in [0.2, 0.25) is 0 Å². The predicted octanol–water partition coefficient (Wildman–Crippen LogP) is 4.33. The first-order chi connectivity index (χ1) is 12.2. The number of carbonyl (C=O) groups excluding carboxylic acids is 1. The van der Waals surface area contributed by atoms with Crippen molar-refractivity contribution in [3.8, 4) is 0 Å². The normalized spacial score (nSPS) is 30.4. The Labute approximate surface area is 146 Å². The van der Waals surface area contributed by atoms with Gasteiger partial charge in [-0.05, 0) is 35.6 Å². The maximum atomic E-state index is 12.6. The summed E-state index contributed by atoms with van der Waals surface area (Å²) < 4.78 is 11.5. The van der Waals surface area contributed by atoms with Crippen LogP contribution in [0.15, 0.2) is 60.2 Å². The lowest BCUT2D eigenvalue weighted by atomic mass is 9.77. The lowest BCUT2D eigenvalue weighted by molar-refractivity contribution is 0.0103. The quantitative estimate of drug-likeness (QED) is 0.780. The number of ether oxygens (including phenoxy) is 2. The van der Waals surface area contributed by atoms with Gasteiger partial charge in [-0.25, -0.2) is 9.69 Å². The summed E-state index contributed by atoms with van der Waals surface area (Å²) in [6.45, 7) is 0. The van der Waals surface area contributed by atoms with E-state index in [-0.39, 0.29) is 18.1 Å². The van der Waals surface area contributed by atoms with Crippen LogP contribution in [-0.4, -0.2) is 25.0 Å². The molecule has 25 heavy (non-hydrogen) atoms. The van der Waals surface area contributed by atoms with E-state index in [1.54, 1.807) is 4.90 Å². The molecule has 2 aromatic carbocycles. The Hall–Kier alpha value is -2.59. The molecular weight excluding hydrogens is 314 g/mol. The molecule has 2 bridgehead atoms. The van der Waals surface area contributed by atoms with E-state index in [1.165, 1.54) is 12.7 Å². The second kappa shape index (κ2) is 5.20. The van der Waals surface area contributed by atoms with E-state index in [0.717, 1.165) is 29.7 Å². The van der Waals surface area contributed by atoms with E-state index in [2.05, 4.69) is 24.3 Å². The highest BCUT2D eigenvalue weighted by Gasteiger charge is 2.66. The SMILES string of the molecule is COC(=O)N1c2ccccc2[C@@H]2/C(=C/c3ccccc3)[C@H]3CC[C@]21O3. The first-order valence-electron chi connectivity index (χ1n) is 8.66. The first-order valence-corrected chi connectivity index (χ1v) is 8.66. The molecule has 0 aromatic heterocycles. The summed E-state index contributed by atoms with van der Waals surface area (Å²) >= 11 is 0. The van der Waals surface area contributed by atoms with E-state index in [4.69, 9.17) is 9.47 Å². The second-order valence-corrected chi connectivity index (χ2v) is 6.84. The van der Waals surface area contributed by atoms with Crippen molar-refractivity contribution in [2.45, 2.75) is 30.6 Å². The third-order valence-electron chi connectivity index (χ3n) is 5.62. The Balaban J connectivity index is 1.69. The lowest BCUT2D eigenvalue weighted by Crippen LogP contribution is -2.50. The van der Waals surface area contributed by atoms with Gasteiger partial charge in [-0.1, -0.05) is 54.6 Å². The molecule has 3 aliphatic rings. The standard InChI is InChI=1S/C21H19NO3/c1-24-20(23)22-17-10-6-5-9-15(17)19-16(13-14-7-3-2-4-8-14)18-11-12-21(19,22)25-18/h2-10,13,18-19H,11-12H2,1H3/b16-13+/t18-,19-,21+/m1/s1. The number of nitrogens with zero attached hydrogens (tertiary/aromatic N) is 1. The van der Waals surface area contributed by atoms with Crippen molar-refractivity contribution < 1.29 is 14.3 Å². The smallest absolute Gasteiger partial charge is 0.416 e. The number of amides is 1. The molecule has 126 valence electrons. The second-order valence-electron chi connectivity index (χ2n) is 6.84. The number of anilines is 1. The molecular formula is C21H19NO3. The lowest BCUT2D eigenvalue weighted by Gasteiger charge is -2.34. The third-order valence-corrected chi connectivity index (χ3v) is 5.62. The van der Waals surface area contributed by atoms with Gasteiger partial charge in [-0.2, -0.15) is 0 Å². The number of carbonyl (C=O) groups is 1. The fraction of sp³-hybridized carbons (Fsp3) is 0.286. The average molecular weight is 333 g/mol. The van der Waals surface area contributed by atoms with Gasteiger partial charge in [-0.3, -0.25) is 0 Å². The Bertz CT molecular complexity index is 876. The summed E-state index contributed by atoms with van der Waals surface area (Å²) in [5, 5.41) is 0. The maximum absolute atomic E-state index is 12.6. The van der Waals surface area contributed by atoms with Crippen LogP contribution >= 0.6 is 0 Å². The first kappa shape index (κ1) is 14.7. The molecule has 4 heteroatoms. The number of methoxy groups -OCH3 is 1. The van der Waals surface area contributed by atoms with Gasteiger partial charge in [0.1, 0.15) is 0 Å². The fourth-order valence-corrected chi connectivity index (χ4v) is 4.71. The maximum Gasteiger partial charge on any atom is 0.416 e. The molecule has 1 spiro atoms. The van der Waals surface area contributed by atoms with Crippen molar-refractivity contribution in [2.24, 2.45) is 0 Å². The van der Waals surface area contributed by atoms with Crippen molar-refractivity contribution >= 4 is 17.9 Å². The van der Waals surface area contributed by atoms with E-state index in [9.17, 15) is 4.79 Å². The van der Waals surface area contributed by atoms with Crippen molar-refractivity contribution in [1.82, 2.24) is 0 Å². The van der Waals surface area contributed by atoms with E-state index in [1.807, 2.05) is 36.4 Å². The molecule has 3 heterocycles. The molecule has 3 atom stereocenters. The van der Waals surface area contributed by atoms with Crippen LogP contribution in [-0.2, 0) is 9.47 Å². The Morgan fingerprint density at radius 3 is 2.76 bits per heavy atom. The highest BCUT2D eigenvalue weighted by atomic mass is 16.6. The highest BCUT2D eigenvalue weighted by molar-refractivity contribution is 5.94. The van der Waals surface area contributed by atoms with Crippen LogP contribution in [0, 0.1) is 0 Å². The van der Waals surface area contributed by atoms with E-state index < -0.39 is 5.72 Å². The van der Waals surface area contributed by atoms with Gasteiger partial charge in [0, 0.05) is 0 Å². The van der Waals surface area contributed by atoms with Gasteiger partial charge < -0.3 is 9.47 Å². The fourth-order valence-electron chi connectivity index (χ4n) is 4.71. The zero-order chi connectivity index (χ0) is 17.0. The predicted molar refractivity (Wildman–Crippen MR) is 95.3 cm³/mol. The van der Waals surface area contributed by atoms with Gasteiger partial charge in [-0.15, -0.1) is 0 Å². The number of rotatable bonds is 1. The molecule has 2 saturated heterocycles. The monoisotopic (exact) mass is 333 g/mol. The molecule has 4 nitrogen and oxygen atoms in total. The molecule has 2 aromatic rings. The van der Waals surface area contributed by atoms with Gasteiger partial charge in [0.05, 0.1) is 24.8 Å². The van der Waals surface area contributed by atoms with Crippen LogP contribution in [0.4, 0.5) is 10.5 Å². The number of hydrogen-bond acceptors (Lipinski definition) is 3. The Morgan fingerprint density at radius 2 is 1.96 bits per heavy atom. The minimum atomic E-state index is -0.637. The number of fused-ring (bicyclic) bond motifs is 3.